The minimum absolute atomic E-state index is 0.0636. The van der Waals surface area contributed by atoms with Gasteiger partial charge in [0.1, 0.15) is 11.6 Å². The third-order valence-corrected chi connectivity index (χ3v) is 3.32. The molecule has 0 heterocycles. The summed E-state index contributed by atoms with van der Waals surface area (Å²) in [4.78, 5) is 0. The maximum absolute atomic E-state index is 13.6. The van der Waals surface area contributed by atoms with E-state index >= 15 is 0 Å². The first-order chi connectivity index (χ1) is 8.99. The fourth-order valence-electron chi connectivity index (χ4n) is 1.95. The Kier molecular flexibility index (Phi) is 4.17. The highest BCUT2D eigenvalue weighted by atomic mass is 35.5. The van der Waals surface area contributed by atoms with Crippen molar-refractivity contribution in [1.82, 2.24) is 0 Å². The molecule has 2 aromatic rings. The van der Waals surface area contributed by atoms with Gasteiger partial charge in [-0.2, -0.15) is 0 Å². The van der Waals surface area contributed by atoms with E-state index in [4.69, 9.17) is 11.6 Å². The van der Waals surface area contributed by atoms with Gasteiger partial charge in [0.05, 0.1) is 6.10 Å². The number of rotatable bonds is 3. The quantitative estimate of drug-likeness (QED) is 0.894. The second-order valence-corrected chi connectivity index (χ2v) is 4.85. The number of benzene rings is 2. The summed E-state index contributed by atoms with van der Waals surface area (Å²) in [6, 6.07) is 8.74. The van der Waals surface area contributed by atoms with Crippen molar-refractivity contribution in [2.45, 2.75) is 19.4 Å². The summed E-state index contributed by atoms with van der Waals surface area (Å²) in [6.07, 6.45) is -1.19. The molecular weight excluding hydrogens is 270 g/mol. The van der Waals surface area contributed by atoms with Crippen molar-refractivity contribution < 1.29 is 13.9 Å². The zero-order chi connectivity index (χ0) is 14.0. The van der Waals surface area contributed by atoms with E-state index in [0.29, 0.717) is 0 Å². The minimum Gasteiger partial charge on any atom is -0.388 e. The number of halogens is 3. The van der Waals surface area contributed by atoms with Crippen molar-refractivity contribution in [2.24, 2.45) is 0 Å². The summed E-state index contributed by atoms with van der Waals surface area (Å²) in [6.45, 7) is 1.80. The van der Waals surface area contributed by atoms with E-state index in [-0.39, 0.29) is 22.6 Å². The number of aliphatic hydroxyl groups excluding tert-OH is 1. The van der Waals surface area contributed by atoms with Crippen LogP contribution >= 0.6 is 11.6 Å². The minimum atomic E-state index is -1.13. The molecular formula is C15H13ClF2O. The third-order valence-electron chi connectivity index (χ3n) is 2.97. The van der Waals surface area contributed by atoms with E-state index in [1.807, 2.05) is 0 Å². The lowest BCUT2D eigenvalue weighted by Gasteiger charge is -2.14. The van der Waals surface area contributed by atoms with E-state index in [0.717, 1.165) is 5.56 Å². The van der Waals surface area contributed by atoms with Crippen LogP contribution in [0.4, 0.5) is 8.78 Å². The Morgan fingerprint density at radius 3 is 2.58 bits per heavy atom. The maximum Gasteiger partial charge on any atom is 0.129 e. The van der Waals surface area contributed by atoms with Crippen molar-refractivity contribution in [1.29, 1.82) is 0 Å². The van der Waals surface area contributed by atoms with Gasteiger partial charge in [-0.15, -0.1) is 0 Å². The summed E-state index contributed by atoms with van der Waals surface area (Å²) in [5, 5.41) is 10.3. The van der Waals surface area contributed by atoms with Gasteiger partial charge < -0.3 is 5.11 Å². The van der Waals surface area contributed by atoms with E-state index in [1.54, 1.807) is 25.1 Å². The van der Waals surface area contributed by atoms with Crippen LogP contribution in [0.25, 0.3) is 0 Å². The predicted octanol–water partition coefficient (Wildman–Crippen LogP) is 4.20. The lowest BCUT2D eigenvalue weighted by Crippen LogP contribution is -2.06. The molecule has 100 valence electrons. The normalized spacial score (nSPS) is 12.5. The first-order valence-electron chi connectivity index (χ1n) is 5.86. The lowest BCUT2D eigenvalue weighted by atomic mass is 9.99. The fourth-order valence-corrected chi connectivity index (χ4v) is 2.19. The fraction of sp³-hybridized carbons (Fsp3) is 0.200. The number of aryl methyl sites for hydroxylation is 1. The highest BCUT2D eigenvalue weighted by Crippen LogP contribution is 2.27. The topological polar surface area (TPSA) is 20.2 Å². The molecule has 0 aliphatic heterocycles. The largest absolute Gasteiger partial charge is 0.388 e. The van der Waals surface area contributed by atoms with Crippen LogP contribution in [0.3, 0.4) is 0 Å². The molecule has 0 bridgehead atoms. The van der Waals surface area contributed by atoms with Crippen LogP contribution in [0.1, 0.15) is 22.8 Å². The van der Waals surface area contributed by atoms with Gasteiger partial charge in [-0.05, 0) is 25.1 Å². The van der Waals surface area contributed by atoms with Gasteiger partial charge in [-0.3, -0.25) is 0 Å². The monoisotopic (exact) mass is 282 g/mol. The average Bonchev–Trinajstić information content (AvgIpc) is 2.37. The highest BCUT2D eigenvalue weighted by Gasteiger charge is 2.17. The molecule has 0 fully saturated rings. The van der Waals surface area contributed by atoms with Gasteiger partial charge >= 0.3 is 0 Å². The molecule has 0 aliphatic rings. The van der Waals surface area contributed by atoms with Gasteiger partial charge in [0.25, 0.3) is 0 Å². The molecule has 1 atom stereocenters. The molecule has 0 saturated carbocycles. The molecule has 4 heteroatoms. The molecule has 1 nitrogen and oxygen atoms in total. The van der Waals surface area contributed by atoms with Crippen LogP contribution in [-0.2, 0) is 6.42 Å². The van der Waals surface area contributed by atoms with E-state index in [9.17, 15) is 13.9 Å². The molecule has 1 unspecified atom stereocenters. The van der Waals surface area contributed by atoms with Crippen LogP contribution in [0, 0.1) is 18.6 Å². The molecule has 0 spiro atoms. The number of hydrogen-bond acceptors (Lipinski definition) is 1. The summed E-state index contributed by atoms with van der Waals surface area (Å²) in [5.41, 5.74) is 1.17. The van der Waals surface area contributed by atoms with Crippen molar-refractivity contribution in [3.8, 4) is 0 Å². The van der Waals surface area contributed by atoms with Crippen molar-refractivity contribution >= 4 is 11.6 Å². The van der Waals surface area contributed by atoms with Gasteiger partial charge in [-0.25, -0.2) is 8.78 Å². The Balaban J connectivity index is 2.31. The van der Waals surface area contributed by atoms with Gasteiger partial charge in [0.2, 0.25) is 0 Å². The van der Waals surface area contributed by atoms with Crippen LogP contribution < -0.4 is 0 Å². The van der Waals surface area contributed by atoms with Crippen molar-refractivity contribution in [3.05, 3.63) is 69.7 Å². The molecule has 0 aromatic heterocycles. The summed E-state index contributed by atoms with van der Waals surface area (Å²) in [5.74, 6) is -1.01. The average molecular weight is 283 g/mol. The molecule has 1 N–H and O–H groups in total. The second-order valence-electron chi connectivity index (χ2n) is 4.45. The highest BCUT2D eigenvalue weighted by molar-refractivity contribution is 6.31. The van der Waals surface area contributed by atoms with E-state index in [2.05, 4.69) is 0 Å². The second kappa shape index (κ2) is 5.68. The predicted molar refractivity (Wildman–Crippen MR) is 71.2 cm³/mol. The van der Waals surface area contributed by atoms with E-state index in [1.165, 1.54) is 18.2 Å². The smallest absolute Gasteiger partial charge is 0.129 e. The molecule has 0 radical (unpaired) electrons. The molecule has 19 heavy (non-hydrogen) atoms. The molecule has 2 rings (SSSR count). The van der Waals surface area contributed by atoms with Crippen molar-refractivity contribution in [3.63, 3.8) is 0 Å². The zero-order valence-electron chi connectivity index (χ0n) is 10.3. The Morgan fingerprint density at radius 1 is 1.16 bits per heavy atom. The first kappa shape index (κ1) is 14.0. The summed E-state index contributed by atoms with van der Waals surface area (Å²) >= 11 is 5.89. The molecule has 2 aromatic carbocycles. The zero-order valence-corrected chi connectivity index (χ0v) is 11.1. The standard InChI is InChI=1S/C15H13ClF2O/c1-9-5-6-14(18)11(7-9)15(19)8-10-12(16)3-2-4-13(10)17/h2-7,15,19H,8H2,1H3. The van der Waals surface area contributed by atoms with E-state index < -0.39 is 17.7 Å². The summed E-state index contributed by atoms with van der Waals surface area (Å²) < 4.78 is 27.3. The third kappa shape index (κ3) is 3.11. The van der Waals surface area contributed by atoms with Crippen LogP contribution in [0.2, 0.25) is 5.02 Å². The molecule has 0 saturated heterocycles. The van der Waals surface area contributed by atoms with Gasteiger partial charge in [0, 0.05) is 22.6 Å². The van der Waals surface area contributed by atoms with Crippen molar-refractivity contribution in [2.75, 3.05) is 0 Å². The van der Waals surface area contributed by atoms with Gasteiger partial charge in [-0.1, -0.05) is 35.4 Å². The van der Waals surface area contributed by atoms with Crippen LogP contribution in [0.5, 0.6) is 0 Å². The summed E-state index contributed by atoms with van der Waals surface area (Å²) in [7, 11) is 0. The Bertz CT molecular complexity index is 578. The van der Waals surface area contributed by atoms with Crippen LogP contribution in [-0.4, -0.2) is 5.11 Å². The Labute approximate surface area is 115 Å². The number of aliphatic hydroxyl groups is 1. The molecule has 0 amide bonds. The Morgan fingerprint density at radius 2 is 1.89 bits per heavy atom. The SMILES string of the molecule is Cc1ccc(F)c(C(O)Cc2c(F)cccc2Cl)c1. The molecule has 0 aliphatic carbocycles. The maximum atomic E-state index is 13.6. The Hall–Kier alpha value is -1.45. The first-order valence-corrected chi connectivity index (χ1v) is 6.24. The van der Waals surface area contributed by atoms with Gasteiger partial charge in [0.15, 0.2) is 0 Å². The number of hydrogen-bond donors (Lipinski definition) is 1. The van der Waals surface area contributed by atoms with Crippen LogP contribution in [0.15, 0.2) is 36.4 Å². The lowest BCUT2D eigenvalue weighted by molar-refractivity contribution is 0.172.